The van der Waals surface area contributed by atoms with E-state index in [2.05, 4.69) is 25.2 Å². The summed E-state index contributed by atoms with van der Waals surface area (Å²) in [4.78, 5) is 15.2. The fourth-order valence-electron chi connectivity index (χ4n) is 3.51. The molecule has 0 atom stereocenters. The lowest BCUT2D eigenvalue weighted by Crippen LogP contribution is -2.25. The molecule has 1 aliphatic heterocycles. The Morgan fingerprint density at radius 1 is 1.16 bits per heavy atom. The minimum absolute atomic E-state index is 0.135. The second kappa shape index (κ2) is 10.3. The molecule has 1 aromatic carbocycles. The van der Waals surface area contributed by atoms with Crippen molar-refractivity contribution < 1.29 is 9.84 Å². The minimum Gasteiger partial charge on any atom is -0.508 e. The topological polar surface area (TPSA) is 109 Å². The molecule has 0 saturated carbocycles. The van der Waals surface area contributed by atoms with Crippen LogP contribution in [0.25, 0.3) is 11.1 Å². The Bertz CT molecular complexity index is 1080. The maximum atomic E-state index is 9.69. The van der Waals surface area contributed by atoms with E-state index in [0.717, 1.165) is 25.2 Å². The number of anilines is 1. The number of hydrogen-bond donors (Lipinski definition) is 3. The van der Waals surface area contributed by atoms with Crippen molar-refractivity contribution in [2.45, 2.75) is 12.8 Å². The quantitative estimate of drug-likeness (QED) is 0.366. The van der Waals surface area contributed by atoms with Crippen LogP contribution in [0.1, 0.15) is 12.8 Å². The van der Waals surface area contributed by atoms with Crippen LogP contribution in [0.5, 0.6) is 11.5 Å². The van der Waals surface area contributed by atoms with Gasteiger partial charge in [-0.1, -0.05) is 11.6 Å². The van der Waals surface area contributed by atoms with Crippen LogP contribution >= 0.6 is 11.6 Å². The SMILES string of the molecule is NC(=Nc1ccc(-c2cc(O)ccc2Cl)cn1)Nc1cncc(OCCN2CCCC2)c1. The van der Waals surface area contributed by atoms with E-state index in [1.807, 2.05) is 12.1 Å². The molecular weight excluding hydrogens is 428 g/mol. The van der Waals surface area contributed by atoms with Gasteiger partial charge in [0.15, 0.2) is 11.8 Å². The molecule has 1 aliphatic rings. The summed E-state index contributed by atoms with van der Waals surface area (Å²) in [5.74, 6) is 1.42. The average Bonchev–Trinajstić information content (AvgIpc) is 3.30. The van der Waals surface area contributed by atoms with Gasteiger partial charge >= 0.3 is 0 Å². The number of rotatable bonds is 7. The highest BCUT2D eigenvalue weighted by Crippen LogP contribution is 2.31. The Morgan fingerprint density at radius 2 is 2.00 bits per heavy atom. The molecule has 0 radical (unpaired) electrons. The molecule has 1 saturated heterocycles. The summed E-state index contributed by atoms with van der Waals surface area (Å²) in [6.07, 6.45) is 7.48. The maximum Gasteiger partial charge on any atom is 0.199 e. The van der Waals surface area contributed by atoms with E-state index >= 15 is 0 Å². The Hall–Kier alpha value is -3.36. The smallest absolute Gasteiger partial charge is 0.199 e. The van der Waals surface area contributed by atoms with Crippen molar-refractivity contribution in [1.82, 2.24) is 14.9 Å². The molecule has 0 bridgehead atoms. The molecule has 32 heavy (non-hydrogen) atoms. The normalized spacial score (nSPS) is 14.5. The van der Waals surface area contributed by atoms with Crippen molar-refractivity contribution in [3.05, 3.63) is 60.0 Å². The standard InChI is InChI=1S/C23H25ClN6O2/c24-21-5-4-18(31)12-20(21)16-3-6-22(27-13-16)29-23(25)28-17-11-19(15-26-14-17)32-10-9-30-7-1-2-8-30/h3-6,11-15,31H,1-2,7-10H2,(H3,25,27,28,29). The minimum atomic E-state index is 0.135. The summed E-state index contributed by atoms with van der Waals surface area (Å²) in [6, 6.07) is 10.1. The molecule has 166 valence electrons. The molecule has 0 amide bonds. The first-order valence-corrected chi connectivity index (χ1v) is 10.8. The van der Waals surface area contributed by atoms with Gasteiger partial charge in [-0.05, 0) is 56.3 Å². The van der Waals surface area contributed by atoms with Gasteiger partial charge < -0.3 is 20.9 Å². The molecule has 2 aromatic heterocycles. The van der Waals surface area contributed by atoms with Crippen molar-refractivity contribution in [3.63, 3.8) is 0 Å². The zero-order valence-electron chi connectivity index (χ0n) is 17.5. The first-order valence-electron chi connectivity index (χ1n) is 10.4. The van der Waals surface area contributed by atoms with Gasteiger partial charge in [0.2, 0.25) is 0 Å². The van der Waals surface area contributed by atoms with Crippen molar-refractivity contribution >= 4 is 29.1 Å². The number of pyridine rings is 2. The van der Waals surface area contributed by atoms with Gasteiger partial charge in [0, 0.05) is 35.0 Å². The molecule has 9 heteroatoms. The number of phenolic OH excluding ortho intramolecular Hbond substituents is 1. The van der Waals surface area contributed by atoms with Crippen LogP contribution in [0.2, 0.25) is 5.02 Å². The molecule has 0 spiro atoms. The molecule has 3 aromatic rings. The van der Waals surface area contributed by atoms with Crippen LogP contribution in [0.3, 0.4) is 0 Å². The number of likely N-dealkylation sites (tertiary alicyclic amines) is 1. The number of nitrogens with two attached hydrogens (primary N) is 1. The van der Waals surface area contributed by atoms with Gasteiger partial charge in [0.05, 0.1) is 18.1 Å². The van der Waals surface area contributed by atoms with Crippen LogP contribution in [-0.4, -0.2) is 52.2 Å². The monoisotopic (exact) mass is 452 g/mol. The highest BCUT2D eigenvalue weighted by Gasteiger charge is 2.11. The van der Waals surface area contributed by atoms with Gasteiger partial charge in [-0.15, -0.1) is 0 Å². The van der Waals surface area contributed by atoms with E-state index in [1.165, 1.54) is 18.9 Å². The van der Waals surface area contributed by atoms with E-state index in [1.54, 1.807) is 36.8 Å². The summed E-state index contributed by atoms with van der Waals surface area (Å²) in [5, 5.41) is 13.2. The van der Waals surface area contributed by atoms with Crippen LogP contribution in [0, 0.1) is 0 Å². The predicted molar refractivity (Wildman–Crippen MR) is 127 cm³/mol. The molecule has 8 nitrogen and oxygen atoms in total. The van der Waals surface area contributed by atoms with Crippen molar-refractivity contribution in [2.24, 2.45) is 10.7 Å². The number of aromatic nitrogens is 2. The third-order valence-corrected chi connectivity index (χ3v) is 5.43. The Balaban J connectivity index is 1.36. The second-order valence-corrected chi connectivity index (χ2v) is 7.90. The third-order valence-electron chi connectivity index (χ3n) is 5.10. The van der Waals surface area contributed by atoms with Crippen LogP contribution in [-0.2, 0) is 0 Å². The fourth-order valence-corrected chi connectivity index (χ4v) is 3.74. The van der Waals surface area contributed by atoms with Crippen molar-refractivity contribution in [1.29, 1.82) is 0 Å². The van der Waals surface area contributed by atoms with Gasteiger partial charge in [0.1, 0.15) is 18.1 Å². The zero-order valence-corrected chi connectivity index (χ0v) is 18.3. The van der Waals surface area contributed by atoms with Gasteiger partial charge in [0.25, 0.3) is 0 Å². The third kappa shape index (κ3) is 5.87. The average molecular weight is 453 g/mol. The lowest BCUT2D eigenvalue weighted by atomic mass is 10.1. The van der Waals surface area contributed by atoms with E-state index in [0.29, 0.717) is 34.4 Å². The molecule has 1 fully saturated rings. The Kier molecular flexibility index (Phi) is 7.03. The lowest BCUT2D eigenvalue weighted by Gasteiger charge is -2.15. The number of benzene rings is 1. The largest absolute Gasteiger partial charge is 0.508 e. The van der Waals surface area contributed by atoms with Crippen LogP contribution in [0.15, 0.2) is 60.0 Å². The number of guanidine groups is 1. The first-order chi connectivity index (χ1) is 15.6. The van der Waals surface area contributed by atoms with Gasteiger partial charge in [-0.2, -0.15) is 4.99 Å². The van der Waals surface area contributed by atoms with Gasteiger partial charge in [-0.25, -0.2) is 4.98 Å². The summed E-state index contributed by atoms with van der Waals surface area (Å²) >= 11 is 6.21. The number of nitrogens with one attached hydrogen (secondary N) is 1. The number of hydrogen-bond acceptors (Lipinski definition) is 6. The van der Waals surface area contributed by atoms with E-state index < -0.39 is 0 Å². The molecule has 0 unspecified atom stereocenters. The number of phenols is 1. The maximum absolute atomic E-state index is 9.69. The number of aliphatic imine (C=N–C) groups is 1. The summed E-state index contributed by atoms with van der Waals surface area (Å²) in [6.45, 7) is 3.82. The summed E-state index contributed by atoms with van der Waals surface area (Å²) in [5.41, 5.74) is 8.16. The van der Waals surface area contributed by atoms with Crippen LogP contribution in [0.4, 0.5) is 11.5 Å². The number of nitrogens with zero attached hydrogens (tertiary/aromatic N) is 4. The highest BCUT2D eigenvalue weighted by atomic mass is 35.5. The van der Waals surface area contributed by atoms with E-state index in [-0.39, 0.29) is 11.7 Å². The Morgan fingerprint density at radius 3 is 2.78 bits per heavy atom. The number of halogens is 1. The number of ether oxygens (including phenoxy) is 1. The number of aromatic hydroxyl groups is 1. The second-order valence-electron chi connectivity index (χ2n) is 7.50. The Labute approximate surface area is 191 Å². The van der Waals surface area contributed by atoms with E-state index in [4.69, 9.17) is 22.1 Å². The molecule has 4 rings (SSSR count). The predicted octanol–water partition coefficient (Wildman–Crippen LogP) is 4.04. The molecule has 3 heterocycles. The summed E-state index contributed by atoms with van der Waals surface area (Å²) in [7, 11) is 0. The van der Waals surface area contributed by atoms with Crippen molar-refractivity contribution in [2.75, 3.05) is 31.6 Å². The van der Waals surface area contributed by atoms with E-state index in [9.17, 15) is 5.11 Å². The summed E-state index contributed by atoms with van der Waals surface area (Å²) < 4.78 is 5.82. The lowest BCUT2D eigenvalue weighted by molar-refractivity contribution is 0.237. The first kappa shape index (κ1) is 21.9. The fraction of sp³-hybridized carbons (Fsp3) is 0.261. The van der Waals surface area contributed by atoms with Crippen molar-refractivity contribution in [3.8, 4) is 22.6 Å². The molecular formula is C23H25ClN6O2. The zero-order chi connectivity index (χ0) is 22.3. The molecule has 0 aliphatic carbocycles. The van der Waals surface area contributed by atoms with Crippen LogP contribution < -0.4 is 15.8 Å². The van der Waals surface area contributed by atoms with Gasteiger partial charge in [-0.3, -0.25) is 9.88 Å². The highest BCUT2D eigenvalue weighted by molar-refractivity contribution is 6.33. The molecule has 4 N–H and O–H groups in total.